The minimum Gasteiger partial charge on any atom is -0.383 e. The van der Waals surface area contributed by atoms with Crippen LogP contribution < -0.4 is 0 Å². The highest BCUT2D eigenvalue weighted by atomic mass is 16.5. The summed E-state index contributed by atoms with van der Waals surface area (Å²) in [6.07, 6.45) is 2.29. The minimum atomic E-state index is 0.134. The Labute approximate surface area is 79.4 Å². The second-order valence-electron chi connectivity index (χ2n) is 3.39. The molecule has 1 aliphatic heterocycles. The fourth-order valence-corrected chi connectivity index (χ4v) is 1.47. The van der Waals surface area contributed by atoms with Gasteiger partial charge in [-0.3, -0.25) is 0 Å². The van der Waals surface area contributed by atoms with Crippen LogP contribution in [0.15, 0.2) is 0 Å². The van der Waals surface area contributed by atoms with E-state index in [1.54, 1.807) is 12.0 Å². The molecule has 0 saturated carbocycles. The fourth-order valence-electron chi connectivity index (χ4n) is 1.47. The molecule has 0 atom stereocenters. The summed E-state index contributed by atoms with van der Waals surface area (Å²) in [4.78, 5) is 15.3. The fraction of sp³-hybridized carbons (Fsp3) is 0.889. The quantitative estimate of drug-likeness (QED) is 0.652. The van der Waals surface area contributed by atoms with Crippen molar-refractivity contribution in [3.63, 3.8) is 0 Å². The summed E-state index contributed by atoms with van der Waals surface area (Å²) in [6, 6.07) is 0.134. The second-order valence-corrected chi connectivity index (χ2v) is 3.39. The zero-order valence-electron chi connectivity index (χ0n) is 8.45. The summed E-state index contributed by atoms with van der Waals surface area (Å²) in [5.41, 5.74) is 0. The normalized spacial score (nSPS) is 16.3. The molecule has 0 bridgehead atoms. The molecule has 4 nitrogen and oxygen atoms in total. The first-order valence-corrected chi connectivity index (χ1v) is 4.74. The lowest BCUT2D eigenvalue weighted by atomic mass is 10.4. The van der Waals surface area contributed by atoms with E-state index < -0.39 is 0 Å². The molecular weight excluding hydrogens is 168 g/mol. The van der Waals surface area contributed by atoms with Crippen molar-refractivity contribution >= 4 is 6.03 Å². The van der Waals surface area contributed by atoms with Gasteiger partial charge in [0.05, 0.1) is 6.61 Å². The Morgan fingerprint density at radius 3 is 2.62 bits per heavy atom. The van der Waals surface area contributed by atoms with Crippen LogP contribution in [0.5, 0.6) is 0 Å². The van der Waals surface area contributed by atoms with Crippen molar-refractivity contribution < 1.29 is 9.53 Å². The number of methoxy groups -OCH3 is 1. The number of ether oxygens (including phenoxy) is 1. The van der Waals surface area contributed by atoms with Crippen molar-refractivity contribution in [2.24, 2.45) is 0 Å². The number of nitrogens with zero attached hydrogens (tertiary/aromatic N) is 2. The molecule has 76 valence electrons. The van der Waals surface area contributed by atoms with Gasteiger partial charge in [-0.25, -0.2) is 4.79 Å². The first-order valence-electron chi connectivity index (χ1n) is 4.74. The number of carbonyl (C=O) groups excluding carboxylic acids is 1. The molecule has 0 radical (unpaired) electrons. The molecule has 1 heterocycles. The van der Waals surface area contributed by atoms with Crippen molar-refractivity contribution in [3.05, 3.63) is 0 Å². The Balaban J connectivity index is 2.28. The number of likely N-dealkylation sites (N-methyl/N-ethyl adjacent to an activating group) is 1. The molecule has 2 amide bonds. The number of urea groups is 1. The maximum absolute atomic E-state index is 11.6. The Hall–Kier alpha value is -0.770. The molecule has 0 unspecified atom stereocenters. The van der Waals surface area contributed by atoms with Gasteiger partial charge >= 0.3 is 6.03 Å². The first-order chi connectivity index (χ1) is 6.25. The summed E-state index contributed by atoms with van der Waals surface area (Å²) in [5, 5.41) is 0. The van der Waals surface area contributed by atoms with Crippen LogP contribution in [0.1, 0.15) is 12.8 Å². The highest BCUT2D eigenvalue weighted by molar-refractivity contribution is 5.74. The molecule has 1 aliphatic rings. The summed E-state index contributed by atoms with van der Waals surface area (Å²) >= 11 is 0. The second kappa shape index (κ2) is 5.07. The number of rotatable bonds is 3. The summed E-state index contributed by atoms with van der Waals surface area (Å²) < 4.78 is 4.91. The van der Waals surface area contributed by atoms with Crippen LogP contribution in [0.4, 0.5) is 4.79 Å². The molecule has 1 saturated heterocycles. The van der Waals surface area contributed by atoms with Crippen molar-refractivity contribution in [2.45, 2.75) is 12.8 Å². The Bertz CT molecular complexity index is 167. The van der Waals surface area contributed by atoms with Gasteiger partial charge in [0.1, 0.15) is 0 Å². The Morgan fingerprint density at radius 1 is 1.46 bits per heavy atom. The maximum atomic E-state index is 11.6. The summed E-state index contributed by atoms with van der Waals surface area (Å²) in [6.45, 7) is 3.11. The highest BCUT2D eigenvalue weighted by Crippen LogP contribution is 2.09. The van der Waals surface area contributed by atoms with Crippen LogP contribution >= 0.6 is 0 Å². The van der Waals surface area contributed by atoms with Crippen molar-refractivity contribution in [2.75, 3.05) is 40.4 Å². The van der Waals surface area contributed by atoms with Crippen LogP contribution in [-0.2, 0) is 4.74 Å². The van der Waals surface area contributed by atoms with E-state index in [1.165, 1.54) is 0 Å². The molecule has 0 spiro atoms. The molecule has 0 aliphatic carbocycles. The standard InChI is InChI=1S/C9H18N2O2/c1-10(7-8-13-2)9(12)11-5-3-4-6-11/h3-8H2,1-2H3. The van der Waals surface area contributed by atoms with Gasteiger partial charge in [0.25, 0.3) is 0 Å². The summed E-state index contributed by atoms with van der Waals surface area (Å²) in [7, 11) is 3.47. The molecule has 4 heteroatoms. The van der Waals surface area contributed by atoms with E-state index in [0.717, 1.165) is 25.9 Å². The van der Waals surface area contributed by atoms with E-state index in [2.05, 4.69) is 0 Å². The van der Waals surface area contributed by atoms with Gasteiger partial charge in [0.15, 0.2) is 0 Å². The molecule has 0 aromatic carbocycles. The SMILES string of the molecule is COCCN(C)C(=O)N1CCCC1. The average molecular weight is 186 g/mol. The smallest absolute Gasteiger partial charge is 0.319 e. The molecular formula is C9H18N2O2. The van der Waals surface area contributed by atoms with Gasteiger partial charge in [-0.2, -0.15) is 0 Å². The van der Waals surface area contributed by atoms with Crippen molar-refractivity contribution in [1.29, 1.82) is 0 Å². The van der Waals surface area contributed by atoms with E-state index in [-0.39, 0.29) is 6.03 Å². The predicted octanol–water partition coefficient (Wildman–Crippen LogP) is 0.780. The largest absolute Gasteiger partial charge is 0.383 e. The van der Waals surface area contributed by atoms with Crippen LogP contribution in [0.25, 0.3) is 0 Å². The van der Waals surface area contributed by atoms with Gasteiger partial charge in [0, 0.05) is 33.8 Å². The molecule has 13 heavy (non-hydrogen) atoms. The first kappa shape index (κ1) is 10.3. The highest BCUT2D eigenvalue weighted by Gasteiger charge is 2.20. The molecule has 0 aromatic heterocycles. The monoisotopic (exact) mass is 186 g/mol. The lowest BCUT2D eigenvalue weighted by Gasteiger charge is -2.23. The van der Waals surface area contributed by atoms with E-state index in [1.807, 2.05) is 11.9 Å². The van der Waals surface area contributed by atoms with Gasteiger partial charge in [-0.15, -0.1) is 0 Å². The minimum absolute atomic E-state index is 0.134. The van der Waals surface area contributed by atoms with Gasteiger partial charge in [-0.1, -0.05) is 0 Å². The number of amides is 2. The van der Waals surface area contributed by atoms with Crippen molar-refractivity contribution in [3.8, 4) is 0 Å². The number of hydrogen-bond donors (Lipinski definition) is 0. The molecule has 1 fully saturated rings. The zero-order valence-corrected chi connectivity index (χ0v) is 8.45. The average Bonchev–Trinajstić information content (AvgIpc) is 2.65. The van der Waals surface area contributed by atoms with Gasteiger partial charge in [-0.05, 0) is 12.8 Å². The van der Waals surface area contributed by atoms with Crippen LogP contribution in [0, 0.1) is 0 Å². The Morgan fingerprint density at radius 2 is 2.08 bits per heavy atom. The Kier molecular flexibility index (Phi) is 4.02. The van der Waals surface area contributed by atoms with Crippen molar-refractivity contribution in [1.82, 2.24) is 9.80 Å². The predicted molar refractivity (Wildman–Crippen MR) is 50.7 cm³/mol. The van der Waals surface area contributed by atoms with E-state index in [0.29, 0.717) is 13.2 Å². The number of likely N-dealkylation sites (tertiary alicyclic amines) is 1. The lowest BCUT2D eigenvalue weighted by molar-refractivity contribution is 0.141. The third-order valence-corrected chi connectivity index (χ3v) is 2.33. The van der Waals surface area contributed by atoms with Crippen LogP contribution in [0.2, 0.25) is 0 Å². The third-order valence-electron chi connectivity index (χ3n) is 2.33. The third kappa shape index (κ3) is 2.88. The van der Waals surface area contributed by atoms with Gasteiger partial charge < -0.3 is 14.5 Å². The van der Waals surface area contributed by atoms with E-state index in [9.17, 15) is 4.79 Å². The van der Waals surface area contributed by atoms with Crippen LogP contribution in [-0.4, -0.2) is 56.2 Å². The zero-order chi connectivity index (χ0) is 9.68. The number of carbonyl (C=O) groups is 1. The topological polar surface area (TPSA) is 32.8 Å². The van der Waals surface area contributed by atoms with Crippen LogP contribution in [0.3, 0.4) is 0 Å². The van der Waals surface area contributed by atoms with E-state index >= 15 is 0 Å². The van der Waals surface area contributed by atoms with Gasteiger partial charge in [0.2, 0.25) is 0 Å². The molecule has 0 aromatic rings. The number of hydrogen-bond acceptors (Lipinski definition) is 2. The molecule has 0 N–H and O–H groups in total. The summed E-state index contributed by atoms with van der Waals surface area (Å²) in [5.74, 6) is 0. The molecule has 1 rings (SSSR count). The van der Waals surface area contributed by atoms with E-state index in [4.69, 9.17) is 4.74 Å². The lowest BCUT2D eigenvalue weighted by Crippen LogP contribution is -2.40. The maximum Gasteiger partial charge on any atom is 0.319 e.